The molecule has 0 radical (unpaired) electrons. The minimum absolute atomic E-state index is 0.830. The van der Waals surface area contributed by atoms with E-state index in [2.05, 4.69) is 54.3 Å². The van der Waals surface area contributed by atoms with Crippen LogP contribution in [0.5, 0.6) is 5.75 Å². The number of aromatic nitrogens is 2. The van der Waals surface area contributed by atoms with Crippen molar-refractivity contribution in [1.29, 1.82) is 0 Å². The summed E-state index contributed by atoms with van der Waals surface area (Å²) in [6.07, 6.45) is 1.93. The second kappa shape index (κ2) is 8.85. The molecule has 0 saturated heterocycles. The van der Waals surface area contributed by atoms with Crippen molar-refractivity contribution in [2.75, 3.05) is 20.2 Å². The van der Waals surface area contributed by atoms with E-state index in [0.29, 0.717) is 0 Å². The molecule has 1 aromatic carbocycles. The van der Waals surface area contributed by atoms with Gasteiger partial charge in [-0.2, -0.15) is 5.10 Å². The Hall–Kier alpha value is -1.85. The van der Waals surface area contributed by atoms with Gasteiger partial charge in [-0.3, -0.25) is 9.58 Å². The Balaban J connectivity index is 2.01. The van der Waals surface area contributed by atoms with Gasteiger partial charge >= 0.3 is 0 Å². The normalized spacial score (nSPS) is 11.2. The summed E-state index contributed by atoms with van der Waals surface area (Å²) in [6.45, 7) is 11.2. The maximum absolute atomic E-state index is 5.52. The zero-order chi connectivity index (χ0) is 17.5. The molecule has 5 nitrogen and oxygen atoms in total. The van der Waals surface area contributed by atoms with Gasteiger partial charge in [0, 0.05) is 43.5 Å². The highest BCUT2D eigenvalue weighted by atomic mass is 16.5. The van der Waals surface area contributed by atoms with Crippen molar-refractivity contribution < 1.29 is 4.74 Å². The number of hydrogen-bond donors (Lipinski definition) is 1. The average molecular weight is 330 g/mol. The van der Waals surface area contributed by atoms with Crippen LogP contribution >= 0.6 is 0 Å². The van der Waals surface area contributed by atoms with E-state index in [0.717, 1.165) is 38.5 Å². The Morgan fingerprint density at radius 3 is 2.50 bits per heavy atom. The minimum Gasteiger partial charge on any atom is -0.496 e. The summed E-state index contributed by atoms with van der Waals surface area (Å²) in [5.41, 5.74) is 4.98. The fourth-order valence-electron chi connectivity index (χ4n) is 2.81. The van der Waals surface area contributed by atoms with Gasteiger partial charge in [0.25, 0.3) is 0 Å². The van der Waals surface area contributed by atoms with Crippen molar-refractivity contribution in [3.63, 3.8) is 0 Å². The zero-order valence-electron chi connectivity index (χ0n) is 15.6. The summed E-state index contributed by atoms with van der Waals surface area (Å²) in [6, 6.07) is 6.46. The van der Waals surface area contributed by atoms with Crippen LogP contribution < -0.4 is 10.1 Å². The van der Waals surface area contributed by atoms with Gasteiger partial charge in [0.1, 0.15) is 5.75 Å². The van der Waals surface area contributed by atoms with Gasteiger partial charge < -0.3 is 10.1 Å². The number of benzene rings is 1. The van der Waals surface area contributed by atoms with Crippen LogP contribution in [-0.4, -0.2) is 34.9 Å². The average Bonchev–Trinajstić information content (AvgIpc) is 2.92. The summed E-state index contributed by atoms with van der Waals surface area (Å²) in [5.74, 6) is 0.966. The molecule has 1 N–H and O–H groups in total. The van der Waals surface area contributed by atoms with E-state index in [1.165, 1.54) is 22.4 Å². The number of hydrogen-bond acceptors (Lipinski definition) is 4. The molecule has 0 aliphatic carbocycles. The standard InChI is InChI=1S/C19H30N4O/c1-6-23(7-2)14-17-10-16(8-9-19(17)24-5)11-20-12-18-13-21-22(4)15(18)3/h8-10,13,20H,6-7,11-12,14H2,1-5H3. The predicted molar refractivity (Wildman–Crippen MR) is 98.1 cm³/mol. The van der Waals surface area contributed by atoms with Gasteiger partial charge in [0.05, 0.1) is 13.3 Å². The summed E-state index contributed by atoms with van der Waals surface area (Å²) < 4.78 is 7.43. The third-order valence-electron chi connectivity index (χ3n) is 4.61. The van der Waals surface area contributed by atoms with Crippen LogP contribution in [0.2, 0.25) is 0 Å². The lowest BCUT2D eigenvalue weighted by molar-refractivity contribution is 0.289. The molecule has 1 heterocycles. The molecule has 0 saturated carbocycles. The number of methoxy groups -OCH3 is 1. The second-order valence-corrected chi connectivity index (χ2v) is 6.09. The molecule has 0 aliphatic heterocycles. The lowest BCUT2D eigenvalue weighted by atomic mass is 10.1. The quantitative estimate of drug-likeness (QED) is 0.768. The first kappa shape index (κ1) is 18.5. The van der Waals surface area contributed by atoms with Crippen LogP contribution in [0.15, 0.2) is 24.4 Å². The van der Waals surface area contributed by atoms with Gasteiger partial charge in [-0.25, -0.2) is 0 Å². The number of nitrogens with one attached hydrogen (secondary N) is 1. The van der Waals surface area contributed by atoms with Gasteiger partial charge in [-0.15, -0.1) is 0 Å². The first-order chi connectivity index (χ1) is 11.6. The van der Waals surface area contributed by atoms with E-state index < -0.39 is 0 Å². The molecule has 0 atom stereocenters. The highest BCUT2D eigenvalue weighted by molar-refractivity contribution is 5.37. The van der Waals surface area contributed by atoms with Crippen molar-refractivity contribution in [1.82, 2.24) is 20.0 Å². The van der Waals surface area contributed by atoms with E-state index in [9.17, 15) is 0 Å². The smallest absolute Gasteiger partial charge is 0.123 e. The molecule has 0 bridgehead atoms. The lowest BCUT2D eigenvalue weighted by Gasteiger charge is -2.20. The third kappa shape index (κ3) is 4.58. The molecule has 0 fully saturated rings. The van der Waals surface area contributed by atoms with Crippen LogP contribution in [0.1, 0.15) is 36.2 Å². The Morgan fingerprint density at radius 1 is 1.17 bits per heavy atom. The van der Waals surface area contributed by atoms with Crippen molar-refractivity contribution in [3.05, 3.63) is 46.8 Å². The zero-order valence-corrected chi connectivity index (χ0v) is 15.6. The third-order valence-corrected chi connectivity index (χ3v) is 4.61. The Labute approximate surface area is 145 Å². The lowest BCUT2D eigenvalue weighted by Crippen LogP contribution is -2.22. The second-order valence-electron chi connectivity index (χ2n) is 6.09. The fraction of sp³-hybridized carbons (Fsp3) is 0.526. The summed E-state index contributed by atoms with van der Waals surface area (Å²) >= 11 is 0. The van der Waals surface area contributed by atoms with E-state index in [1.54, 1.807) is 7.11 Å². The van der Waals surface area contributed by atoms with Crippen LogP contribution in [-0.2, 0) is 26.7 Å². The molecule has 0 unspecified atom stereocenters. The first-order valence-electron chi connectivity index (χ1n) is 8.65. The van der Waals surface area contributed by atoms with E-state index in [1.807, 2.05) is 17.9 Å². The van der Waals surface area contributed by atoms with Crippen LogP contribution in [0.25, 0.3) is 0 Å². The highest BCUT2D eigenvalue weighted by Gasteiger charge is 2.09. The molecular weight excluding hydrogens is 300 g/mol. The SMILES string of the molecule is CCN(CC)Cc1cc(CNCc2cnn(C)c2C)ccc1OC. The Morgan fingerprint density at radius 2 is 1.92 bits per heavy atom. The molecule has 2 aromatic rings. The Bertz CT molecular complexity index is 647. The highest BCUT2D eigenvalue weighted by Crippen LogP contribution is 2.21. The van der Waals surface area contributed by atoms with E-state index >= 15 is 0 Å². The number of rotatable bonds is 9. The predicted octanol–water partition coefficient (Wildman–Crippen LogP) is 2.87. The number of nitrogens with zero attached hydrogens (tertiary/aromatic N) is 3. The number of ether oxygens (including phenoxy) is 1. The van der Waals surface area contributed by atoms with Crippen molar-refractivity contribution >= 4 is 0 Å². The summed E-state index contributed by atoms with van der Waals surface area (Å²) in [7, 11) is 3.71. The van der Waals surface area contributed by atoms with Gasteiger partial charge in [0.15, 0.2) is 0 Å². The molecule has 2 rings (SSSR count). The number of aryl methyl sites for hydroxylation is 1. The maximum atomic E-state index is 5.52. The monoisotopic (exact) mass is 330 g/mol. The molecular formula is C19H30N4O. The van der Waals surface area contributed by atoms with Gasteiger partial charge in [0.2, 0.25) is 0 Å². The summed E-state index contributed by atoms with van der Waals surface area (Å²) in [5, 5.41) is 7.80. The summed E-state index contributed by atoms with van der Waals surface area (Å²) in [4.78, 5) is 2.40. The van der Waals surface area contributed by atoms with Gasteiger partial charge in [-0.05, 0) is 37.7 Å². The Kier molecular flexibility index (Phi) is 6.82. The largest absolute Gasteiger partial charge is 0.496 e. The van der Waals surface area contributed by atoms with Gasteiger partial charge in [-0.1, -0.05) is 19.9 Å². The van der Waals surface area contributed by atoms with Crippen molar-refractivity contribution in [2.45, 2.75) is 40.4 Å². The minimum atomic E-state index is 0.830. The van der Waals surface area contributed by atoms with Crippen LogP contribution in [0.4, 0.5) is 0 Å². The fourth-order valence-corrected chi connectivity index (χ4v) is 2.81. The molecule has 0 spiro atoms. The maximum Gasteiger partial charge on any atom is 0.123 e. The van der Waals surface area contributed by atoms with Crippen LogP contribution in [0.3, 0.4) is 0 Å². The van der Waals surface area contributed by atoms with E-state index in [-0.39, 0.29) is 0 Å². The molecule has 0 aliphatic rings. The topological polar surface area (TPSA) is 42.3 Å². The molecule has 1 aromatic heterocycles. The molecule has 132 valence electrons. The molecule has 24 heavy (non-hydrogen) atoms. The van der Waals surface area contributed by atoms with Crippen LogP contribution in [0, 0.1) is 6.92 Å². The van der Waals surface area contributed by atoms with Crippen molar-refractivity contribution in [3.8, 4) is 5.75 Å². The first-order valence-corrected chi connectivity index (χ1v) is 8.65. The van der Waals surface area contributed by atoms with E-state index in [4.69, 9.17) is 4.74 Å². The van der Waals surface area contributed by atoms with Crippen molar-refractivity contribution in [2.24, 2.45) is 7.05 Å². The molecule has 0 amide bonds. The molecule has 5 heteroatoms.